The number of ether oxygens (including phenoxy) is 1. The molecule has 0 unspecified atom stereocenters. The maximum Gasteiger partial charge on any atom is 0.219 e. The Kier molecular flexibility index (Phi) is 4.34. The van der Waals surface area contributed by atoms with E-state index in [2.05, 4.69) is 44.8 Å². The van der Waals surface area contributed by atoms with Gasteiger partial charge in [0.2, 0.25) is 5.88 Å². The third-order valence-electron chi connectivity index (χ3n) is 3.11. The van der Waals surface area contributed by atoms with Crippen LogP contribution < -0.4 is 4.74 Å². The number of aromatic nitrogens is 1. The zero-order chi connectivity index (χ0) is 14.8. The monoisotopic (exact) mass is 289 g/mol. The van der Waals surface area contributed by atoms with Crippen LogP contribution in [0.25, 0.3) is 0 Å². The van der Waals surface area contributed by atoms with Gasteiger partial charge in [-0.25, -0.2) is 4.98 Å². The average molecular weight is 290 g/mol. The summed E-state index contributed by atoms with van der Waals surface area (Å²) in [6.45, 7) is 8.62. The van der Waals surface area contributed by atoms with E-state index in [0.29, 0.717) is 11.8 Å². The third-order valence-corrected chi connectivity index (χ3v) is 3.42. The van der Waals surface area contributed by atoms with Gasteiger partial charge < -0.3 is 4.74 Å². The molecule has 106 valence electrons. The highest BCUT2D eigenvalue weighted by Gasteiger charge is 2.19. The summed E-state index contributed by atoms with van der Waals surface area (Å²) in [6, 6.07) is 9.99. The quantitative estimate of drug-likeness (QED) is 0.723. The summed E-state index contributed by atoms with van der Waals surface area (Å²) in [5.74, 6) is 1.89. The Morgan fingerprint density at radius 1 is 1.15 bits per heavy atom. The minimum Gasteiger partial charge on any atom is -0.439 e. The molecule has 0 aliphatic heterocycles. The minimum atomic E-state index is 0.0193. The lowest BCUT2D eigenvalue weighted by atomic mass is 9.85. The first-order chi connectivity index (χ1) is 9.40. The molecule has 0 saturated carbocycles. The Morgan fingerprint density at radius 2 is 1.90 bits per heavy atom. The van der Waals surface area contributed by atoms with Crippen molar-refractivity contribution in [1.82, 2.24) is 4.98 Å². The van der Waals surface area contributed by atoms with E-state index in [1.807, 2.05) is 18.2 Å². The highest BCUT2D eigenvalue weighted by molar-refractivity contribution is 6.17. The summed E-state index contributed by atoms with van der Waals surface area (Å²) in [6.07, 6.45) is 1.72. The number of nitrogens with zero attached hydrogens (tertiary/aromatic N) is 1. The largest absolute Gasteiger partial charge is 0.439 e. The van der Waals surface area contributed by atoms with Crippen molar-refractivity contribution in [3.05, 3.63) is 53.2 Å². The molecule has 0 spiro atoms. The standard InChI is InChI=1S/C17H20ClNO/c1-12-5-6-15(14(9-12)17(2,3)4)20-16-10-13(11-18)7-8-19-16/h5-10H,11H2,1-4H3. The van der Waals surface area contributed by atoms with Crippen molar-refractivity contribution in [2.45, 2.75) is 39.0 Å². The summed E-state index contributed by atoms with van der Waals surface area (Å²) in [5, 5.41) is 0. The van der Waals surface area contributed by atoms with Gasteiger partial charge in [0.05, 0.1) is 0 Å². The van der Waals surface area contributed by atoms with Crippen LogP contribution in [0.15, 0.2) is 36.5 Å². The molecule has 0 radical (unpaired) electrons. The average Bonchev–Trinajstić information content (AvgIpc) is 2.40. The first-order valence-corrected chi connectivity index (χ1v) is 7.23. The van der Waals surface area contributed by atoms with Crippen LogP contribution in [0.3, 0.4) is 0 Å². The van der Waals surface area contributed by atoms with Gasteiger partial charge in [-0.2, -0.15) is 0 Å². The van der Waals surface area contributed by atoms with Crippen molar-refractivity contribution in [1.29, 1.82) is 0 Å². The predicted octanol–water partition coefficient (Wildman–Crippen LogP) is 5.22. The van der Waals surface area contributed by atoms with Crippen molar-refractivity contribution >= 4 is 11.6 Å². The Balaban J connectivity index is 2.38. The van der Waals surface area contributed by atoms with Crippen molar-refractivity contribution in [3.8, 4) is 11.6 Å². The normalized spacial score (nSPS) is 11.4. The zero-order valence-corrected chi connectivity index (χ0v) is 13.2. The van der Waals surface area contributed by atoms with Gasteiger partial charge in [-0.1, -0.05) is 38.5 Å². The molecule has 0 fully saturated rings. The molecule has 1 aromatic carbocycles. The van der Waals surface area contributed by atoms with E-state index in [0.717, 1.165) is 11.3 Å². The fourth-order valence-electron chi connectivity index (χ4n) is 2.02. The number of benzene rings is 1. The van der Waals surface area contributed by atoms with E-state index in [9.17, 15) is 0 Å². The number of aryl methyl sites for hydroxylation is 1. The molecule has 3 heteroatoms. The second-order valence-corrected chi connectivity index (χ2v) is 6.25. The van der Waals surface area contributed by atoms with Crippen molar-refractivity contribution < 1.29 is 4.74 Å². The maximum absolute atomic E-state index is 5.96. The molecule has 2 nitrogen and oxygen atoms in total. The molecule has 20 heavy (non-hydrogen) atoms. The van der Waals surface area contributed by atoms with E-state index < -0.39 is 0 Å². The van der Waals surface area contributed by atoms with Gasteiger partial charge in [-0.3, -0.25) is 0 Å². The number of halogens is 1. The Bertz CT molecular complexity index is 602. The predicted molar refractivity (Wildman–Crippen MR) is 83.7 cm³/mol. The molecule has 1 aromatic heterocycles. The molecule has 1 heterocycles. The molecule has 2 aromatic rings. The summed E-state index contributed by atoms with van der Waals surface area (Å²) in [4.78, 5) is 4.25. The SMILES string of the molecule is Cc1ccc(Oc2cc(CCl)ccn2)c(C(C)(C)C)c1. The fourth-order valence-corrected chi connectivity index (χ4v) is 2.19. The highest BCUT2D eigenvalue weighted by atomic mass is 35.5. The molecule has 0 N–H and O–H groups in total. The Morgan fingerprint density at radius 3 is 2.55 bits per heavy atom. The number of hydrogen-bond donors (Lipinski definition) is 0. The van der Waals surface area contributed by atoms with E-state index in [1.165, 1.54) is 11.1 Å². The lowest BCUT2D eigenvalue weighted by Gasteiger charge is -2.23. The van der Waals surface area contributed by atoms with Gasteiger partial charge in [0.25, 0.3) is 0 Å². The molecule has 0 aliphatic carbocycles. The second-order valence-electron chi connectivity index (χ2n) is 5.99. The molecule has 0 aliphatic rings. The molecular weight excluding hydrogens is 270 g/mol. The van der Waals surface area contributed by atoms with Crippen LogP contribution in [0, 0.1) is 6.92 Å². The van der Waals surface area contributed by atoms with Crippen molar-refractivity contribution in [3.63, 3.8) is 0 Å². The van der Waals surface area contributed by atoms with Crippen LogP contribution >= 0.6 is 11.6 Å². The maximum atomic E-state index is 5.96. The summed E-state index contributed by atoms with van der Waals surface area (Å²) < 4.78 is 5.96. The second kappa shape index (κ2) is 5.84. The first kappa shape index (κ1) is 14.9. The fraction of sp³-hybridized carbons (Fsp3) is 0.353. The van der Waals surface area contributed by atoms with Crippen LogP contribution in [0.4, 0.5) is 0 Å². The molecule has 0 saturated heterocycles. The van der Waals surface area contributed by atoms with E-state index in [1.54, 1.807) is 6.20 Å². The van der Waals surface area contributed by atoms with E-state index in [-0.39, 0.29) is 5.41 Å². The number of alkyl halides is 1. The lowest BCUT2D eigenvalue weighted by molar-refractivity contribution is 0.439. The summed E-state index contributed by atoms with van der Waals surface area (Å²) >= 11 is 5.84. The Hall–Kier alpha value is -1.54. The van der Waals surface area contributed by atoms with Gasteiger partial charge in [-0.05, 0) is 30.0 Å². The van der Waals surface area contributed by atoms with Crippen LogP contribution in [0.5, 0.6) is 11.6 Å². The number of rotatable bonds is 3. The molecule has 0 bridgehead atoms. The van der Waals surface area contributed by atoms with Gasteiger partial charge in [0.1, 0.15) is 5.75 Å². The molecular formula is C17H20ClNO. The van der Waals surface area contributed by atoms with Gasteiger partial charge in [0.15, 0.2) is 0 Å². The first-order valence-electron chi connectivity index (χ1n) is 6.70. The van der Waals surface area contributed by atoms with Gasteiger partial charge >= 0.3 is 0 Å². The van der Waals surface area contributed by atoms with Crippen LogP contribution in [-0.4, -0.2) is 4.98 Å². The molecule has 2 rings (SSSR count). The van der Waals surface area contributed by atoms with Crippen molar-refractivity contribution in [2.75, 3.05) is 0 Å². The lowest BCUT2D eigenvalue weighted by Crippen LogP contribution is -2.13. The number of hydrogen-bond acceptors (Lipinski definition) is 2. The van der Waals surface area contributed by atoms with Crippen LogP contribution in [0.2, 0.25) is 0 Å². The Labute approximate surface area is 125 Å². The van der Waals surface area contributed by atoms with Crippen LogP contribution in [-0.2, 0) is 11.3 Å². The zero-order valence-electron chi connectivity index (χ0n) is 12.4. The highest BCUT2D eigenvalue weighted by Crippen LogP contribution is 2.34. The smallest absolute Gasteiger partial charge is 0.219 e. The minimum absolute atomic E-state index is 0.0193. The third kappa shape index (κ3) is 3.51. The summed E-state index contributed by atoms with van der Waals surface area (Å²) in [5.41, 5.74) is 3.42. The van der Waals surface area contributed by atoms with Gasteiger partial charge in [-0.15, -0.1) is 11.6 Å². The number of pyridine rings is 1. The van der Waals surface area contributed by atoms with E-state index in [4.69, 9.17) is 16.3 Å². The van der Waals surface area contributed by atoms with Gasteiger partial charge in [0, 0.05) is 23.7 Å². The molecule has 0 atom stereocenters. The van der Waals surface area contributed by atoms with Crippen LogP contribution in [0.1, 0.15) is 37.5 Å². The van der Waals surface area contributed by atoms with Crippen molar-refractivity contribution in [2.24, 2.45) is 0 Å². The van der Waals surface area contributed by atoms with E-state index >= 15 is 0 Å². The summed E-state index contributed by atoms with van der Waals surface area (Å²) in [7, 11) is 0. The topological polar surface area (TPSA) is 22.1 Å². The molecule has 0 amide bonds.